The van der Waals surface area contributed by atoms with Crippen molar-refractivity contribution in [3.63, 3.8) is 0 Å². The number of benzene rings is 2. The molecule has 0 N–H and O–H groups in total. The molecule has 0 amide bonds. The molecule has 0 saturated carbocycles. The summed E-state index contributed by atoms with van der Waals surface area (Å²) in [4.78, 5) is 8.47. The molecule has 198 valence electrons. The van der Waals surface area contributed by atoms with Crippen LogP contribution in [0.1, 0.15) is 47.9 Å². The first-order valence-electron chi connectivity index (χ1n) is 11.9. The molecular formula is C29H26F4N2O3. The van der Waals surface area contributed by atoms with E-state index in [0.29, 0.717) is 29.5 Å². The molecule has 1 unspecified atom stereocenters. The first-order valence-corrected chi connectivity index (χ1v) is 11.9. The Labute approximate surface area is 218 Å². The maximum absolute atomic E-state index is 13.0. The summed E-state index contributed by atoms with van der Waals surface area (Å²) in [5.41, 5.74) is 3.44. The number of halogens is 4. The molecule has 2 heterocycles. The maximum Gasteiger partial charge on any atom is 0.387 e. The third kappa shape index (κ3) is 7.21. The average Bonchev–Trinajstić information content (AvgIpc) is 2.89. The maximum atomic E-state index is 13.0. The number of alkyl halides is 4. The Balaban J connectivity index is 1.64. The monoisotopic (exact) mass is 526 g/mol. The van der Waals surface area contributed by atoms with Gasteiger partial charge >= 0.3 is 13.2 Å². The smallest absolute Gasteiger partial charge is 0.387 e. The van der Waals surface area contributed by atoms with Crippen molar-refractivity contribution in [2.75, 3.05) is 0 Å². The summed E-state index contributed by atoms with van der Waals surface area (Å²) >= 11 is 0. The predicted octanol–water partition coefficient (Wildman–Crippen LogP) is 7.97. The van der Waals surface area contributed by atoms with Gasteiger partial charge in [-0.05, 0) is 71.0 Å². The number of pyridine rings is 2. The molecular weight excluding hydrogens is 500 g/mol. The van der Waals surface area contributed by atoms with Gasteiger partial charge in [-0.15, -0.1) is 0 Å². The van der Waals surface area contributed by atoms with Crippen molar-refractivity contribution in [1.82, 2.24) is 9.97 Å². The third-order valence-electron chi connectivity index (χ3n) is 5.92. The van der Waals surface area contributed by atoms with Crippen LogP contribution in [0.15, 0.2) is 85.3 Å². The fourth-order valence-corrected chi connectivity index (χ4v) is 4.01. The Bertz CT molecular complexity index is 1300. The second-order valence-electron chi connectivity index (χ2n) is 8.83. The van der Waals surface area contributed by atoms with E-state index in [1.54, 1.807) is 30.7 Å². The van der Waals surface area contributed by atoms with Gasteiger partial charge in [-0.25, -0.2) is 4.98 Å². The zero-order valence-electron chi connectivity index (χ0n) is 20.7. The molecule has 1 atom stereocenters. The summed E-state index contributed by atoms with van der Waals surface area (Å²) in [6, 6.07) is 19.0. The molecule has 0 fully saturated rings. The topological polar surface area (TPSA) is 53.5 Å². The number of rotatable bonds is 11. The number of aromatic nitrogens is 2. The Morgan fingerprint density at radius 2 is 1.34 bits per heavy atom. The van der Waals surface area contributed by atoms with Crippen molar-refractivity contribution in [3.05, 3.63) is 108 Å². The standard InChI is InChI=1S/C29H26F4N2O3/c1-18(2)20-3-7-23(8-4-20)36-27-10-6-22(17-35-27)24(15-19-11-13-34-14-12-19)21-5-9-25(37-28(30)31)26(16-21)38-29(32)33/h3-14,16-18,24,28-29H,15H2,1-2H3. The molecule has 0 spiro atoms. The van der Waals surface area contributed by atoms with Crippen LogP contribution in [-0.2, 0) is 6.42 Å². The second kappa shape index (κ2) is 12.4. The zero-order valence-corrected chi connectivity index (χ0v) is 20.7. The first kappa shape index (κ1) is 26.9. The van der Waals surface area contributed by atoms with Gasteiger partial charge in [-0.3, -0.25) is 4.98 Å². The van der Waals surface area contributed by atoms with Crippen LogP contribution < -0.4 is 14.2 Å². The Hall–Kier alpha value is -4.14. The molecule has 0 saturated heterocycles. The van der Waals surface area contributed by atoms with Gasteiger partial charge in [-0.1, -0.05) is 38.1 Å². The van der Waals surface area contributed by atoms with E-state index in [-0.39, 0.29) is 5.92 Å². The van der Waals surface area contributed by atoms with E-state index < -0.39 is 24.7 Å². The minimum Gasteiger partial charge on any atom is -0.439 e. The normalized spacial score (nSPS) is 12.1. The van der Waals surface area contributed by atoms with E-state index in [1.807, 2.05) is 42.5 Å². The lowest BCUT2D eigenvalue weighted by Gasteiger charge is -2.20. The van der Waals surface area contributed by atoms with Gasteiger partial charge < -0.3 is 14.2 Å². The molecule has 0 aliphatic heterocycles. The number of hydrogen-bond acceptors (Lipinski definition) is 5. The summed E-state index contributed by atoms with van der Waals surface area (Å²) in [6.07, 6.45) is 5.40. The van der Waals surface area contributed by atoms with Crippen molar-refractivity contribution in [2.24, 2.45) is 0 Å². The Kier molecular flexibility index (Phi) is 8.78. The third-order valence-corrected chi connectivity index (χ3v) is 5.92. The molecule has 2 aromatic carbocycles. The highest BCUT2D eigenvalue weighted by Gasteiger charge is 2.21. The highest BCUT2D eigenvalue weighted by molar-refractivity contribution is 5.47. The van der Waals surface area contributed by atoms with Crippen molar-refractivity contribution in [3.8, 4) is 23.1 Å². The van der Waals surface area contributed by atoms with E-state index in [9.17, 15) is 17.6 Å². The van der Waals surface area contributed by atoms with Gasteiger partial charge in [0.05, 0.1) is 0 Å². The second-order valence-corrected chi connectivity index (χ2v) is 8.83. The van der Waals surface area contributed by atoms with Crippen LogP contribution in [0, 0.1) is 0 Å². The van der Waals surface area contributed by atoms with E-state index >= 15 is 0 Å². The van der Waals surface area contributed by atoms with Gasteiger partial charge in [0.25, 0.3) is 0 Å². The summed E-state index contributed by atoms with van der Waals surface area (Å²) in [6.45, 7) is -2.18. The molecule has 0 aliphatic rings. The van der Waals surface area contributed by atoms with E-state index in [2.05, 4.69) is 33.3 Å². The summed E-state index contributed by atoms with van der Waals surface area (Å²) in [7, 11) is 0. The highest BCUT2D eigenvalue weighted by atomic mass is 19.3. The zero-order chi connectivity index (χ0) is 27.1. The number of ether oxygens (including phenoxy) is 3. The lowest BCUT2D eigenvalue weighted by atomic mass is 9.87. The predicted molar refractivity (Wildman–Crippen MR) is 134 cm³/mol. The van der Waals surface area contributed by atoms with Crippen molar-refractivity contribution < 1.29 is 31.8 Å². The quantitative estimate of drug-likeness (QED) is 0.186. The van der Waals surface area contributed by atoms with Gasteiger partial charge in [0.15, 0.2) is 11.5 Å². The van der Waals surface area contributed by atoms with Gasteiger partial charge in [0.2, 0.25) is 5.88 Å². The van der Waals surface area contributed by atoms with Gasteiger partial charge in [0, 0.05) is 30.6 Å². The van der Waals surface area contributed by atoms with E-state index in [0.717, 1.165) is 11.1 Å². The van der Waals surface area contributed by atoms with Crippen molar-refractivity contribution in [1.29, 1.82) is 0 Å². The fraction of sp³-hybridized carbons (Fsp3) is 0.241. The van der Waals surface area contributed by atoms with Gasteiger partial charge in [0.1, 0.15) is 5.75 Å². The van der Waals surface area contributed by atoms with Crippen LogP contribution in [0.5, 0.6) is 23.1 Å². The molecule has 2 aromatic heterocycles. The average molecular weight is 527 g/mol. The minimum atomic E-state index is -3.21. The van der Waals surface area contributed by atoms with Crippen LogP contribution in [0.2, 0.25) is 0 Å². The molecule has 0 bridgehead atoms. The largest absolute Gasteiger partial charge is 0.439 e. The summed E-state index contributed by atoms with van der Waals surface area (Å²) in [5, 5.41) is 0. The Morgan fingerprint density at radius 1 is 0.711 bits per heavy atom. The van der Waals surface area contributed by atoms with Crippen LogP contribution in [0.25, 0.3) is 0 Å². The van der Waals surface area contributed by atoms with Crippen LogP contribution in [0.3, 0.4) is 0 Å². The molecule has 4 aromatic rings. The molecule has 4 rings (SSSR count). The SMILES string of the molecule is CC(C)c1ccc(Oc2ccc(C(Cc3ccncc3)c3ccc(OC(F)F)c(OC(F)F)c3)cn2)cc1. The first-order chi connectivity index (χ1) is 18.3. The molecule has 0 radical (unpaired) electrons. The van der Waals surface area contributed by atoms with Crippen LogP contribution in [-0.4, -0.2) is 23.2 Å². The van der Waals surface area contributed by atoms with E-state index in [1.165, 1.54) is 17.7 Å². The molecule has 0 aliphatic carbocycles. The lowest BCUT2D eigenvalue weighted by molar-refractivity contribution is -0.0692. The Morgan fingerprint density at radius 3 is 1.95 bits per heavy atom. The lowest BCUT2D eigenvalue weighted by Crippen LogP contribution is -2.10. The fourth-order valence-electron chi connectivity index (χ4n) is 4.01. The summed E-state index contributed by atoms with van der Waals surface area (Å²) < 4.78 is 66.4. The number of nitrogens with zero attached hydrogens (tertiary/aromatic N) is 2. The summed E-state index contributed by atoms with van der Waals surface area (Å²) in [5.74, 6) is 0.112. The van der Waals surface area contributed by atoms with Crippen LogP contribution in [0.4, 0.5) is 17.6 Å². The van der Waals surface area contributed by atoms with Crippen molar-refractivity contribution >= 4 is 0 Å². The van der Waals surface area contributed by atoms with Crippen LogP contribution >= 0.6 is 0 Å². The minimum absolute atomic E-state index is 0.370. The number of hydrogen-bond donors (Lipinski definition) is 0. The molecule has 9 heteroatoms. The van der Waals surface area contributed by atoms with Gasteiger partial charge in [-0.2, -0.15) is 17.6 Å². The van der Waals surface area contributed by atoms with E-state index in [4.69, 9.17) is 4.74 Å². The van der Waals surface area contributed by atoms with Crippen molar-refractivity contribution in [2.45, 2.75) is 45.3 Å². The molecule has 5 nitrogen and oxygen atoms in total. The molecule has 38 heavy (non-hydrogen) atoms. The highest BCUT2D eigenvalue weighted by Crippen LogP contribution is 2.37.